The molecule has 6 nitrogen and oxygen atoms in total. The third-order valence-corrected chi connectivity index (χ3v) is 3.58. The van der Waals surface area contributed by atoms with Gasteiger partial charge >= 0.3 is 0 Å². The summed E-state index contributed by atoms with van der Waals surface area (Å²) in [5.41, 5.74) is 2.14. The van der Waals surface area contributed by atoms with E-state index in [-0.39, 0.29) is 35.0 Å². The summed E-state index contributed by atoms with van der Waals surface area (Å²) in [6, 6.07) is 13.6. The van der Waals surface area contributed by atoms with Gasteiger partial charge in [0.2, 0.25) is 12.1 Å². The highest BCUT2D eigenvalue weighted by molar-refractivity contribution is 5.96. The number of nitro groups is 1. The zero-order chi connectivity index (χ0) is 15.7. The molecule has 7 heteroatoms. The van der Waals surface area contributed by atoms with E-state index in [4.69, 9.17) is 0 Å². The highest BCUT2D eigenvalue weighted by atomic mass is 79.9. The second-order valence-corrected chi connectivity index (χ2v) is 5.07. The molecule has 0 spiro atoms. The van der Waals surface area contributed by atoms with Crippen molar-refractivity contribution in [1.82, 2.24) is 4.57 Å². The van der Waals surface area contributed by atoms with Crippen LogP contribution in [0.15, 0.2) is 54.9 Å². The Labute approximate surface area is 142 Å². The number of rotatable bonds is 4. The van der Waals surface area contributed by atoms with Gasteiger partial charge < -0.3 is 17.0 Å². The average Bonchev–Trinajstić information content (AvgIpc) is 2.84. The molecule has 118 valence electrons. The van der Waals surface area contributed by atoms with Gasteiger partial charge in [0.05, 0.1) is 18.0 Å². The highest BCUT2D eigenvalue weighted by Gasteiger charge is 2.20. The first-order chi connectivity index (χ1) is 10.6. The van der Waals surface area contributed by atoms with Gasteiger partial charge in [0.25, 0.3) is 5.69 Å². The number of benzene rings is 2. The number of imidazole rings is 1. The number of halogens is 1. The standard InChI is InChI=1S/C16H14N3O3.BrH/c1-17-11-18(10-16(20)12-5-3-2-4-6-12)15-9-13(19(21)22)7-8-14(15)17;/h2-9,11H,10H2,1H3;1H/q+1;/p-1. The maximum absolute atomic E-state index is 12.3. The van der Waals surface area contributed by atoms with Crippen molar-refractivity contribution < 1.29 is 31.3 Å². The van der Waals surface area contributed by atoms with Crippen LogP contribution in [-0.2, 0) is 13.6 Å². The van der Waals surface area contributed by atoms with Crippen LogP contribution < -0.4 is 21.5 Å². The highest BCUT2D eigenvalue weighted by Crippen LogP contribution is 2.19. The average molecular weight is 376 g/mol. The fourth-order valence-electron chi connectivity index (χ4n) is 2.48. The predicted molar refractivity (Wildman–Crippen MR) is 80.5 cm³/mol. The molecule has 0 fully saturated rings. The summed E-state index contributed by atoms with van der Waals surface area (Å²) in [4.78, 5) is 22.8. The van der Waals surface area contributed by atoms with Crippen LogP contribution in [-0.4, -0.2) is 15.3 Å². The van der Waals surface area contributed by atoms with Crippen molar-refractivity contribution in [3.8, 4) is 0 Å². The van der Waals surface area contributed by atoms with Gasteiger partial charge in [-0.05, 0) is 6.07 Å². The Kier molecular flexibility index (Phi) is 4.90. The van der Waals surface area contributed by atoms with Gasteiger partial charge in [0, 0.05) is 11.6 Å². The summed E-state index contributed by atoms with van der Waals surface area (Å²) in [5, 5.41) is 10.9. The molecule has 0 aliphatic rings. The summed E-state index contributed by atoms with van der Waals surface area (Å²) < 4.78 is 3.58. The van der Waals surface area contributed by atoms with E-state index in [0.717, 1.165) is 5.52 Å². The molecule has 0 bridgehead atoms. The van der Waals surface area contributed by atoms with Crippen LogP contribution in [0, 0.1) is 10.1 Å². The second kappa shape index (κ2) is 6.70. The molecule has 0 aliphatic heterocycles. The lowest BCUT2D eigenvalue weighted by Gasteiger charge is -1.99. The normalized spacial score (nSPS) is 10.3. The van der Waals surface area contributed by atoms with Crippen molar-refractivity contribution in [1.29, 1.82) is 0 Å². The number of non-ortho nitro benzene ring substituents is 1. The number of hydrogen-bond donors (Lipinski definition) is 0. The van der Waals surface area contributed by atoms with Crippen LogP contribution in [0.3, 0.4) is 0 Å². The number of Topliss-reactive ketones (excluding diaryl/α,β-unsaturated/α-hetero) is 1. The molecule has 1 heterocycles. The van der Waals surface area contributed by atoms with E-state index >= 15 is 0 Å². The van der Waals surface area contributed by atoms with Gasteiger partial charge in [-0.3, -0.25) is 14.9 Å². The topological polar surface area (TPSA) is 69.0 Å². The number of nitro benzene ring substituents is 1. The van der Waals surface area contributed by atoms with Crippen LogP contribution in [0.2, 0.25) is 0 Å². The zero-order valence-electron chi connectivity index (χ0n) is 12.3. The maximum atomic E-state index is 12.3. The fraction of sp³-hybridized carbons (Fsp3) is 0.125. The van der Waals surface area contributed by atoms with Gasteiger partial charge in [0.1, 0.15) is 0 Å². The number of ketones is 1. The number of nitrogens with zero attached hydrogens (tertiary/aromatic N) is 3. The van der Waals surface area contributed by atoms with Crippen molar-refractivity contribution in [3.63, 3.8) is 0 Å². The van der Waals surface area contributed by atoms with Crippen molar-refractivity contribution in [2.75, 3.05) is 0 Å². The first kappa shape index (κ1) is 16.8. The molecule has 0 aliphatic carbocycles. The van der Waals surface area contributed by atoms with Crippen LogP contribution >= 0.6 is 0 Å². The van der Waals surface area contributed by atoms with E-state index in [0.29, 0.717) is 11.1 Å². The number of carbonyl (C=O) groups excluding carboxylic acids is 1. The van der Waals surface area contributed by atoms with E-state index in [2.05, 4.69) is 0 Å². The smallest absolute Gasteiger partial charge is 0.273 e. The third kappa shape index (κ3) is 3.29. The Bertz CT molecular complexity index is 875. The van der Waals surface area contributed by atoms with E-state index in [1.54, 1.807) is 29.1 Å². The van der Waals surface area contributed by atoms with E-state index in [9.17, 15) is 14.9 Å². The summed E-state index contributed by atoms with van der Waals surface area (Å²) in [7, 11) is 1.84. The molecule has 0 saturated heterocycles. The minimum absolute atomic E-state index is 0. The lowest BCUT2D eigenvalue weighted by molar-refractivity contribution is -0.645. The molecule has 0 amide bonds. The van der Waals surface area contributed by atoms with Crippen molar-refractivity contribution in [2.24, 2.45) is 7.05 Å². The molecule has 3 aromatic rings. The first-order valence-corrected chi connectivity index (χ1v) is 6.77. The minimum Gasteiger partial charge on any atom is -1.00 e. The third-order valence-electron chi connectivity index (χ3n) is 3.58. The SMILES string of the molecule is C[n+]1cn(CC(=O)c2ccccc2)c2cc([N+](=O)[O-])ccc21.[Br-]. The van der Waals surface area contributed by atoms with E-state index in [1.807, 2.05) is 29.8 Å². The van der Waals surface area contributed by atoms with Gasteiger partial charge in [-0.25, -0.2) is 9.13 Å². The lowest BCUT2D eigenvalue weighted by Crippen LogP contribution is -3.00. The first-order valence-electron chi connectivity index (χ1n) is 6.77. The second-order valence-electron chi connectivity index (χ2n) is 5.07. The molecule has 23 heavy (non-hydrogen) atoms. The van der Waals surface area contributed by atoms with Crippen molar-refractivity contribution in [2.45, 2.75) is 6.54 Å². The summed E-state index contributed by atoms with van der Waals surface area (Å²) in [6.45, 7) is 0.141. The van der Waals surface area contributed by atoms with Crippen LogP contribution in [0.4, 0.5) is 5.69 Å². The Balaban J connectivity index is 0.00000192. The fourth-order valence-corrected chi connectivity index (χ4v) is 2.48. The monoisotopic (exact) mass is 375 g/mol. The molecule has 2 aromatic carbocycles. The Morgan fingerprint density at radius 2 is 1.91 bits per heavy atom. The van der Waals surface area contributed by atoms with Crippen molar-refractivity contribution >= 4 is 22.5 Å². The molecule has 0 unspecified atom stereocenters. The molecular weight excluding hydrogens is 362 g/mol. The van der Waals surface area contributed by atoms with Gasteiger partial charge in [-0.15, -0.1) is 0 Å². The molecule has 3 rings (SSSR count). The van der Waals surface area contributed by atoms with Gasteiger partial charge in [-0.1, -0.05) is 30.3 Å². The number of fused-ring (bicyclic) bond motifs is 1. The number of aryl methyl sites for hydroxylation is 1. The largest absolute Gasteiger partial charge is 1.00 e. The number of aromatic nitrogens is 2. The van der Waals surface area contributed by atoms with Crippen LogP contribution in [0.5, 0.6) is 0 Å². The zero-order valence-corrected chi connectivity index (χ0v) is 13.9. The van der Waals surface area contributed by atoms with Gasteiger partial charge in [-0.2, -0.15) is 0 Å². The van der Waals surface area contributed by atoms with E-state index < -0.39 is 4.92 Å². The summed E-state index contributed by atoms with van der Waals surface area (Å²) >= 11 is 0. The Morgan fingerprint density at radius 3 is 2.57 bits per heavy atom. The quantitative estimate of drug-likeness (QED) is 0.261. The summed E-state index contributed by atoms with van der Waals surface area (Å²) in [5.74, 6) is -0.0374. The van der Waals surface area contributed by atoms with Crippen molar-refractivity contribution in [3.05, 3.63) is 70.5 Å². The van der Waals surface area contributed by atoms with Crippen LogP contribution in [0.1, 0.15) is 10.4 Å². The van der Waals surface area contributed by atoms with E-state index in [1.165, 1.54) is 12.1 Å². The maximum Gasteiger partial charge on any atom is 0.273 e. The van der Waals surface area contributed by atoms with Crippen LogP contribution in [0.25, 0.3) is 11.0 Å². The predicted octanol–water partition coefficient (Wildman–Crippen LogP) is -0.739. The lowest BCUT2D eigenvalue weighted by atomic mass is 10.1. The summed E-state index contributed by atoms with van der Waals surface area (Å²) in [6.07, 6.45) is 1.77. The minimum atomic E-state index is -0.435. The molecule has 1 aromatic heterocycles. The molecule has 0 saturated carbocycles. The number of carbonyl (C=O) groups is 1. The van der Waals surface area contributed by atoms with Gasteiger partial charge in [0.15, 0.2) is 17.6 Å². The molecule has 0 N–H and O–H groups in total. The molecular formula is C16H14BrN3O3. The molecule has 0 radical (unpaired) electrons. The molecule has 0 atom stereocenters. The number of hydrogen-bond acceptors (Lipinski definition) is 3. The Morgan fingerprint density at radius 1 is 1.22 bits per heavy atom. The Hall–Kier alpha value is -2.54.